The summed E-state index contributed by atoms with van der Waals surface area (Å²) in [5.74, 6) is -0.804. The van der Waals surface area contributed by atoms with Crippen molar-refractivity contribution in [3.8, 4) is 0 Å². The van der Waals surface area contributed by atoms with Gasteiger partial charge in [-0.25, -0.2) is 9.18 Å². The lowest BCUT2D eigenvalue weighted by Gasteiger charge is -2.16. The predicted molar refractivity (Wildman–Crippen MR) is 48.1 cm³/mol. The summed E-state index contributed by atoms with van der Waals surface area (Å²) in [6.07, 6.45) is 4.69. The Morgan fingerprint density at radius 2 is 1.85 bits per heavy atom. The number of hydrogen-bond donors (Lipinski definition) is 0. The van der Waals surface area contributed by atoms with Gasteiger partial charge < -0.3 is 4.74 Å². The topological polar surface area (TPSA) is 26.3 Å². The Labute approximate surface area is 78.5 Å². The van der Waals surface area contributed by atoms with Crippen molar-refractivity contribution in [2.75, 3.05) is 7.11 Å². The molecule has 2 nitrogen and oxygen atoms in total. The van der Waals surface area contributed by atoms with Crippen molar-refractivity contribution in [3.05, 3.63) is 0 Å². The first-order valence-corrected chi connectivity index (χ1v) is 4.97. The van der Waals surface area contributed by atoms with Crippen molar-refractivity contribution >= 4 is 5.97 Å². The van der Waals surface area contributed by atoms with Crippen molar-refractivity contribution < 1.29 is 13.9 Å². The minimum atomic E-state index is -1.40. The molecule has 1 saturated carbocycles. The van der Waals surface area contributed by atoms with Crippen LogP contribution in [0.15, 0.2) is 0 Å². The Balaban J connectivity index is 2.43. The highest BCUT2D eigenvalue weighted by molar-refractivity contribution is 5.74. The van der Waals surface area contributed by atoms with Crippen LogP contribution in [-0.2, 0) is 9.53 Å². The van der Waals surface area contributed by atoms with E-state index in [1.807, 2.05) is 0 Å². The molecule has 1 unspecified atom stereocenters. The monoisotopic (exact) mass is 188 g/mol. The van der Waals surface area contributed by atoms with Gasteiger partial charge in [0, 0.05) is 5.92 Å². The van der Waals surface area contributed by atoms with Crippen molar-refractivity contribution in [1.29, 1.82) is 0 Å². The fourth-order valence-electron chi connectivity index (χ4n) is 1.91. The van der Waals surface area contributed by atoms with Crippen LogP contribution < -0.4 is 0 Å². The van der Waals surface area contributed by atoms with Crippen LogP contribution in [0.4, 0.5) is 4.39 Å². The fourth-order valence-corrected chi connectivity index (χ4v) is 1.91. The maximum Gasteiger partial charge on any atom is 0.340 e. The molecule has 3 heteroatoms. The van der Waals surface area contributed by atoms with E-state index in [1.54, 1.807) is 0 Å². The van der Waals surface area contributed by atoms with Crippen LogP contribution in [0.1, 0.15) is 38.5 Å². The maximum absolute atomic E-state index is 13.4. The number of ether oxygens (including phenoxy) is 1. The molecule has 1 atom stereocenters. The van der Waals surface area contributed by atoms with Crippen LogP contribution in [0.3, 0.4) is 0 Å². The highest BCUT2D eigenvalue weighted by atomic mass is 19.1. The lowest BCUT2D eigenvalue weighted by atomic mass is 9.95. The van der Waals surface area contributed by atoms with Gasteiger partial charge in [-0.3, -0.25) is 0 Å². The van der Waals surface area contributed by atoms with E-state index in [1.165, 1.54) is 20.0 Å². The van der Waals surface area contributed by atoms with Crippen molar-refractivity contribution in [2.45, 2.75) is 44.7 Å². The molecular formula is C10H17FO2. The van der Waals surface area contributed by atoms with Crippen molar-refractivity contribution in [3.63, 3.8) is 0 Å². The van der Waals surface area contributed by atoms with Crippen LogP contribution in [-0.4, -0.2) is 19.3 Å². The van der Waals surface area contributed by atoms with Gasteiger partial charge in [-0.2, -0.15) is 0 Å². The third-order valence-corrected chi connectivity index (χ3v) is 2.74. The van der Waals surface area contributed by atoms with Gasteiger partial charge in [0.15, 0.2) is 6.17 Å². The summed E-state index contributed by atoms with van der Waals surface area (Å²) in [6, 6.07) is 0. The van der Waals surface area contributed by atoms with Gasteiger partial charge in [-0.05, 0) is 12.8 Å². The van der Waals surface area contributed by atoms with E-state index in [-0.39, 0.29) is 5.92 Å². The second kappa shape index (κ2) is 5.20. The number of carbonyl (C=O) groups is 1. The Hall–Kier alpha value is -0.600. The molecule has 0 aromatic heterocycles. The SMILES string of the molecule is COC(=O)C(F)C1CCCCCC1. The first kappa shape index (κ1) is 10.5. The molecule has 0 N–H and O–H groups in total. The second-order valence-electron chi connectivity index (χ2n) is 3.68. The fraction of sp³-hybridized carbons (Fsp3) is 0.900. The number of alkyl halides is 1. The van der Waals surface area contributed by atoms with Gasteiger partial charge in [-0.15, -0.1) is 0 Å². The summed E-state index contributed by atoms with van der Waals surface area (Å²) in [5.41, 5.74) is 0. The van der Waals surface area contributed by atoms with E-state index in [2.05, 4.69) is 4.74 Å². The summed E-state index contributed by atoms with van der Waals surface area (Å²) in [6.45, 7) is 0. The molecule has 0 aromatic rings. The molecular weight excluding hydrogens is 171 g/mol. The summed E-state index contributed by atoms with van der Waals surface area (Å²) in [5, 5.41) is 0. The molecule has 1 fully saturated rings. The summed E-state index contributed by atoms with van der Waals surface area (Å²) in [7, 11) is 1.24. The first-order valence-electron chi connectivity index (χ1n) is 4.97. The molecule has 0 bridgehead atoms. The van der Waals surface area contributed by atoms with Crippen molar-refractivity contribution in [1.82, 2.24) is 0 Å². The summed E-state index contributed by atoms with van der Waals surface area (Å²) < 4.78 is 17.8. The number of hydrogen-bond acceptors (Lipinski definition) is 2. The molecule has 0 aliphatic heterocycles. The van der Waals surface area contributed by atoms with Crippen molar-refractivity contribution in [2.24, 2.45) is 5.92 Å². The summed E-state index contributed by atoms with van der Waals surface area (Å²) in [4.78, 5) is 10.9. The first-order chi connectivity index (χ1) is 6.25. The van der Waals surface area contributed by atoms with Gasteiger partial charge in [0.1, 0.15) is 0 Å². The van der Waals surface area contributed by atoms with Gasteiger partial charge in [0.2, 0.25) is 0 Å². The Kier molecular flexibility index (Phi) is 4.19. The lowest BCUT2D eigenvalue weighted by Crippen LogP contribution is -2.26. The molecule has 0 amide bonds. The average molecular weight is 188 g/mol. The van der Waals surface area contributed by atoms with Gasteiger partial charge >= 0.3 is 5.97 Å². The van der Waals surface area contributed by atoms with Crippen LogP contribution in [0.25, 0.3) is 0 Å². The smallest absolute Gasteiger partial charge is 0.340 e. The van der Waals surface area contributed by atoms with E-state index in [4.69, 9.17) is 0 Å². The molecule has 1 aliphatic rings. The number of esters is 1. The van der Waals surface area contributed by atoms with E-state index < -0.39 is 12.1 Å². The largest absolute Gasteiger partial charge is 0.467 e. The number of carbonyl (C=O) groups excluding carboxylic acids is 1. The van der Waals surface area contributed by atoms with Gasteiger partial charge in [0.25, 0.3) is 0 Å². The normalized spacial score (nSPS) is 22.0. The quantitative estimate of drug-likeness (QED) is 0.491. The van der Waals surface area contributed by atoms with Gasteiger partial charge in [-0.1, -0.05) is 25.7 Å². The second-order valence-corrected chi connectivity index (χ2v) is 3.68. The zero-order chi connectivity index (χ0) is 9.68. The molecule has 1 rings (SSSR count). The van der Waals surface area contributed by atoms with Crippen LogP contribution in [0.2, 0.25) is 0 Å². The minimum Gasteiger partial charge on any atom is -0.467 e. The molecule has 0 saturated heterocycles. The van der Waals surface area contributed by atoms with Crippen LogP contribution in [0, 0.1) is 5.92 Å². The standard InChI is InChI=1S/C10H17FO2/c1-13-10(12)9(11)8-6-4-2-3-5-7-8/h8-9H,2-7H2,1H3. The molecule has 76 valence electrons. The zero-order valence-corrected chi connectivity index (χ0v) is 8.09. The van der Waals surface area contributed by atoms with E-state index in [0.29, 0.717) is 0 Å². The number of rotatable bonds is 2. The number of halogens is 1. The molecule has 0 heterocycles. The highest BCUT2D eigenvalue weighted by Gasteiger charge is 2.28. The Morgan fingerprint density at radius 1 is 1.31 bits per heavy atom. The molecule has 0 radical (unpaired) electrons. The third-order valence-electron chi connectivity index (χ3n) is 2.74. The predicted octanol–water partition coefficient (Wildman–Crippen LogP) is 2.47. The minimum absolute atomic E-state index is 0.102. The molecule has 0 aromatic carbocycles. The zero-order valence-electron chi connectivity index (χ0n) is 8.09. The Bertz CT molecular complexity index is 162. The third kappa shape index (κ3) is 2.98. The van der Waals surface area contributed by atoms with E-state index >= 15 is 0 Å². The average Bonchev–Trinajstić information content (AvgIpc) is 2.43. The Morgan fingerprint density at radius 3 is 2.31 bits per heavy atom. The van der Waals surface area contributed by atoms with Crippen LogP contribution in [0.5, 0.6) is 0 Å². The maximum atomic E-state index is 13.4. The van der Waals surface area contributed by atoms with E-state index in [0.717, 1.165) is 25.7 Å². The molecule has 0 spiro atoms. The molecule has 13 heavy (non-hydrogen) atoms. The molecule has 1 aliphatic carbocycles. The van der Waals surface area contributed by atoms with Crippen LogP contribution >= 0.6 is 0 Å². The number of methoxy groups -OCH3 is 1. The summed E-state index contributed by atoms with van der Waals surface area (Å²) >= 11 is 0. The lowest BCUT2D eigenvalue weighted by molar-refractivity contribution is -0.148. The van der Waals surface area contributed by atoms with Gasteiger partial charge in [0.05, 0.1) is 7.11 Å². The van der Waals surface area contributed by atoms with E-state index in [9.17, 15) is 9.18 Å². The highest BCUT2D eigenvalue weighted by Crippen LogP contribution is 2.27.